The predicted molar refractivity (Wildman–Crippen MR) is 255 cm³/mol. The van der Waals surface area contributed by atoms with E-state index in [1.807, 2.05) is 17.4 Å². The van der Waals surface area contributed by atoms with Gasteiger partial charge in [-0.05, 0) is 111 Å². The van der Waals surface area contributed by atoms with E-state index in [1.165, 1.54) is 64.7 Å². The highest BCUT2D eigenvalue weighted by Gasteiger charge is 2.37. The Morgan fingerprint density at radius 2 is 1.00 bits per heavy atom. The first-order valence-electron chi connectivity index (χ1n) is 20.7. The van der Waals surface area contributed by atoms with E-state index in [0.29, 0.717) is 0 Å². The Morgan fingerprint density at radius 1 is 0.400 bits per heavy atom. The minimum atomic E-state index is -0.182. The van der Waals surface area contributed by atoms with Crippen molar-refractivity contribution in [2.45, 2.75) is 19.3 Å². The molecule has 9 aromatic carbocycles. The number of para-hydroxylation sites is 1. The van der Waals surface area contributed by atoms with Gasteiger partial charge in [0.15, 0.2) is 0 Å². The van der Waals surface area contributed by atoms with Crippen molar-refractivity contribution >= 4 is 70.5 Å². The number of furan rings is 1. The topological polar surface area (TPSA) is 16.4 Å². The SMILES string of the molecule is CC1(C)c2ccccc2-c2cc(-c3cccc4sc5ccccc5c34)c(N(c3ccc(-c4ccccc4)cc3)c3ccc(-c4cccc5oc6ccccc6c45)cc3)cc21. The van der Waals surface area contributed by atoms with Crippen molar-refractivity contribution in [2.75, 3.05) is 4.90 Å². The van der Waals surface area contributed by atoms with Crippen molar-refractivity contribution in [1.82, 2.24) is 0 Å². The molecule has 0 bridgehead atoms. The monoisotopic (exact) mass is 785 g/mol. The molecular weight excluding hydrogens is 747 g/mol. The highest BCUT2D eigenvalue weighted by atomic mass is 32.1. The summed E-state index contributed by atoms with van der Waals surface area (Å²) in [5, 5.41) is 4.88. The third-order valence-corrected chi connectivity index (χ3v) is 13.8. The van der Waals surface area contributed by atoms with Crippen LogP contribution in [0.25, 0.3) is 86.6 Å². The van der Waals surface area contributed by atoms with Crippen LogP contribution in [0.3, 0.4) is 0 Å². The van der Waals surface area contributed by atoms with Crippen molar-refractivity contribution in [3.05, 3.63) is 211 Å². The van der Waals surface area contributed by atoms with E-state index in [4.69, 9.17) is 4.42 Å². The van der Waals surface area contributed by atoms with Crippen molar-refractivity contribution in [3.63, 3.8) is 0 Å². The fourth-order valence-corrected chi connectivity index (χ4v) is 10.9. The van der Waals surface area contributed by atoms with Crippen LogP contribution in [0.5, 0.6) is 0 Å². The summed E-state index contributed by atoms with van der Waals surface area (Å²) in [4.78, 5) is 2.48. The van der Waals surface area contributed by atoms with E-state index in [1.54, 1.807) is 0 Å². The van der Waals surface area contributed by atoms with Crippen LogP contribution in [0, 0.1) is 0 Å². The summed E-state index contributed by atoms with van der Waals surface area (Å²) >= 11 is 1.87. The van der Waals surface area contributed by atoms with Gasteiger partial charge in [-0.25, -0.2) is 0 Å². The highest BCUT2D eigenvalue weighted by Crippen LogP contribution is 2.55. The van der Waals surface area contributed by atoms with Crippen molar-refractivity contribution in [3.8, 4) is 44.5 Å². The van der Waals surface area contributed by atoms with Gasteiger partial charge in [0, 0.05) is 53.3 Å². The number of thiophene rings is 1. The van der Waals surface area contributed by atoms with Crippen molar-refractivity contribution in [2.24, 2.45) is 0 Å². The van der Waals surface area contributed by atoms with E-state index in [0.717, 1.165) is 50.1 Å². The smallest absolute Gasteiger partial charge is 0.136 e. The van der Waals surface area contributed by atoms with Gasteiger partial charge in [0.2, 0.25) is 0 Å². The molecule has 0 saturated carbocycles. The Balaban J connectivity index is 1.11. The molecule has 0 radical (unpaired) electrons. The van der Waals surface area contributed by atoms with E-state index in [-0.39, 0.29) is 5.41 Å². The van der Waals surface area contributed by atoms with Gasteiger partial charge in [-0.2, -0.15) is 0 Å². The summed E-state index contributed by atoms with van der Waals surface area (Å²) < 4.78 is 8.91. The molecule has 284 valence electrons. The number of hydrogen-bond donors (Lipinski definition) is 0. The lowest BCUT2D eigenvalue weighted by atomic mass is 9.81. The van der Waals surface area contributed by atoms with Crippen LogP contribution >= 0.6 is 11.3 Å². The van der Waals surface area contributed by atoms with Crippen LogP contribution in [0.1, 0.15) is 25.0 Å². The first kappa shape index (κ1) is 34.8. The fourth-order valence-electron chi connectivity index (χ4n) is 9.80. The zero-order valence-corrected chi connectivity index (χ0v) is 34.1. The molecule has 2 heterocycles. The highest BCUT2D eigenvalue weighted by molar-refractivity contribution is 7.25. The molecule has 0 N–H and O–H groups in total. The molecule has 2 nitrogen and oxygen atoms in total. The number of rotatable bonds is 6. The minimum absolute atomic E-state index is 0.182. The average molecular weight is 786 g/mol. The Labute approximate surface area is 353 Å². The van der Waals surface area contributed by atoms with Gasteiger partial charge in [-0.1, -0.05) is 153 Å². The van der Waals surface area contributed by atoms with E-state index in [9.17, 15) is 0 Å². The van der Waals surface area contributed by atoms with Gasteiger partial charge < -0.3 is 9.32 Å². The fraction of sp³-hybridized carbons (Fsp3) is 0.0526. The summed E-state index contributed by atoms with van der Waals surface area (Å²) in [6.45, 7) is 4.75. The van der Waals surface area contributed by atoms with Gasteiger partial charge in [-0.15, -0.1) is 11.3 Å². The molecule has 0 spiro atoms. The first-order chi connectivity index (χ1) is 29.5. The van der Waals surface area contributed by atoms with Gasteiger partial charge in [-0.3, -0.25) is 0 Å². The normalized spacial score (nSPS) is 13.0. The maximum atomic E-state index is 6.31. The molecule has 3 heteroatoms. The molecule has 11 aromatic rings. The van der Waals surface area contributed by atoms with E-state index < -0.39 is 0 Å². The zero-order chi connectivity index (χ0) is 40.0. The van der Waals surface area contributed by atoms with Gasteiger partial charge in [0.1, 0.15) is 11.2 Å². The van der Waals surface area contributed by atoms with Crippen LogP contribution in [-0.4, -0.2) is 0 Å². The predicted octanol–water partition coefficient (Wildman–Crippen LogP) is 16.7. The second-order valence-corrected chi connectivity index (χ2v) is 17.5. The van der Waals surface area contributed by atoms with Crippen molar-refractivity contribution < 1.29 is 4.42 Å². The Kier molecular flexibility index (Phi) is 7.79. The molecule has 0 unspecified atom stereocenters. The van der Waals surface area contributed by atoms with Gasteiger partial charge in [0.05, 0.1) is 5.69 Å². The summed E-state index contributed by atoms with van der Waals surface area (Å²) in [5.74, 6) is 0. The molecule has 0 saturated heterocycles. The van der Waals surface area contributed by atoms with Crippen molar-refractivity contribution in [1.29, 1.82) is 0 Å². The van der Waals surface area contributed by atoms with Crippen LogP contribution in [0.2, 0.25) is 0 Å². The Morgan fingerprint density at radius 3 is 1.82 bits per heavy atom. The molecule has 0 aliphatic heterocycles. The van der Waals surface area contributed by atoms with Crippen LogP contribution in [0.15, 0.2) is 205 Å². The first-order valence-corrected chi connectivity index (χ1v) is 21.5. The molecule has 2 aromatic heterocycles. The quantitative estimate of drug-likeness (QED) is 0.167. The maximum Gasteiger partial charge on any atom is 0.136 e. The average Bonchev–Trinajstić information content (AvgIpc) is 3.95. The van der Waals surface area contributed by atoms with Crippen LogP contribution < -0.4 is 4.90 Å². The number of anilines is 3. The number of fused-ring (bicyclic) bond motifs is 9. The zero-order valence-electron chi connectivity index (χ0n) is 33.3. The number of hydrogen-bond acceptors (Lipinski definition) is 3. The third kappa shape index (κ3) is 5.33. The maximum absolute atomic E-state index is 6.31. The second-order valence-electron chi connectivity index (χ2n) is 16.4. The molecule has 0 atom stereocenters. The van der Waals surface area contributed by atoms with Gasteiger partial charge in [0.25, 0.3) is 0 Å². The third-order valence-electron chi connectivity index (χ3n) is 12.7. The van der Waals surface area contributed by atoms with Gasteiger partial charge >= 0.3 is 0 Å². The second kappa shape index (κ2) is 13.4. The number of nitrogens with zero attached hydrogens (tertiary/aromatic N) is 1. The largest absolute Gasteiger partial charge is 0.456 e. The molecule has 0 fully saturated rings. The lowest BCUT2D eigenvalue weighted by Gasteiger charge is -2.31. The lowest BCUT2D eigenvalue weighted by Crippen LogP contribution is -2.17. The summed E-state index contributed by atoms with van der Waals surface area (Å²) in [7, 11) is 0. The number of benzene rings is 9. The molecular formula is C57H39NOS. The standard InChI is InChI=1S/C57H39NOS/c1-57(2)48-21-9-6-16-42(48)46-34-47(43-20-13-25-54-56(43)45-18-8-11-24-53(45)60-54)50(35-49(46)57)58(39-30-26-37(27-31-39)36-14-4-3-5-15-36)40-32-28-38(29-33-40)41-19-12-23-52-55(41)44-17-7-10-22-51(44)59-52/h3-35H,1-2H3. The Hall–Kier alpha value is -7.20. The molecule has 1 aliphatic carbocycles. The van der Waals surface area contributed by atoms with E-state index >= 15 is 0 Å². The summed E-state index contributed by atoms with van der Waals surface area (Å²) in [5.41, 5.74) is 17.5. The van der Waals surface area contributed by atoms with Crippen LogP contribution in [-0.2, 0) is 5.41 Å². The molecule has 1 aliphatic rings. The minimum Gasteiger partial charge on any atom is -0.456 e. The molecule has 0 amide bonds. The lowest BCUT2D eigenvalue weighted by molar-refractivity contribution is 0.660. The van der Waals surface area contributed by atoms with E-state index in [2.05, 4.69) is 213 Å². The molecule has 60 heavy (non-hydrogen) atoms. The summed E-state index contributed by atoms with van der Waals surface area (Å²) in [6, 6.07) is 73.2. The summed E-state index contributed by atoms with van der Waals surface area (Å²) in [6.07, 6.45) is 0. The Bertz CT molecular complexity index is 3440. The van der Waals surface area contributed by atoms with Crippen LogP contribution in [0.4, 0.5) is 17.1 Å². The molecule has 12 rings (SSSR count).